The summed E-state index contributed by atoms with van der Waals surface area (Å²) in [5.74, 6) is -1.39. The van der Waals surface area contributed by atoms with Crippen LogP contribution in [0.2, 0.25) is 0 Å². The topological polar surface area (TPSA) is 78.4 Å². The predicted octanol–water partition coefficient (Wildman–Crippen LogP) is 0.535. The molecule has 1 aliphatic rings. The zero-order chi connectivity index (χ0) is 13.1. The van der Waals surface area contributed by atoms with Gasteiger partial charge in [0.05, 0.1) is 0 Å². The maximum absolute atomic E-state index is 11.9. The average Bonchev–Trinajstić information content (AvgIpc) is 2.37. The Hall–Kier alpha value is -1.88. The Morgan fingerprint density at radius 1 is 1.39 bits per heavy atom. The zero-order valence-corrected chi connectivity index (χ0v) is 10.2. The molecule has 3 N–H and O–H groups in total. The van der Waals surface area contributed by atoms with Gasteiger partial charge in [-0.2, -0.15) is 0 Å². The lowest BCUT2D eigenvalue weighted by Gasteiger charge is -2.18. The molecule has 0 bridgehead atoms. The van der Waals surface area contributed by atoms with Crippen molar-refractivity contribution in [3.8, 4) is 0 Å². The van der Waals surface area contributed by atoms with Crippen LogP contribution in [0.25, 0.3) is 0 Å². The van der Waals surface area contributed by atoms with Gasteiger partial charge in [-0.25, -0.2) is 0 Å². The van der Waals surface area contributed by atoms with Crippen molar-refractivity contribution in [2.24, 2.45) is 0 Å². The fraction of sp³-hybridized carbons (Fsp3) is 0.385. The molecule has 5 heteroatoms. The minimum atomic E-state index is -1.04. The van der Waals surface area contributed by atoms with E-state index in [4.69, 9.17) is 5.11 Å². The van der Waals surface area contributed by atoms with Gasteiger partial charge in [-0.05, 0) is 43.1 Å². The van der Waals surface area contributed by atoms with E-state index < -0.39 is 12.0 Å². The lowest BCUT2D eigenvalue weighted by atomic mass is 9.98. The summed E-state index contributed by atoms with van der Waals surface area (Å²) in [7, 11) is 0. The lowest BCUT2D eigenvalue weighted by Crippen LogP contribution is -2.38. The summed E-state index contributed by atoms with van der Waals surface area (Å²) in [6.45, 7) is 3.15. The highest BCUT2D eigenvalue weighted by atomic mass is 16.4. The number of carboxylic acids is 1. The van der Waals surface area contributed by atoms with E-state index in [0.29, 0.717) is 5.56 Å². The maximum Gasteiger partial charge on any atom is 0.325 e. The monoisotopic (exact) mass is 248 g/mol. The van der Waals surface area contributed by atoms with Crippen molar-refractivity contribution in [2.75, 3.05) is 6.54 Å². The molecule has 1 unspecified atom stereocenters. The first kappa shape index (κ1) is 12.6. The fourth-order valence-electron chi connectivity index (χ4n) is 1.96. The summed E-state index contributed by atoms with van der Waals surface area (Å²) in [5.41, 5.74) is 2.86. The molecule has 0 aromatic heterocycles. The third kappa shape index (κ3) is 2.68. The van der Waals surface area contributed by atoms with Crippen molar-refractivity contribution in [1.29, 1.82) is 0 Å². The van der Waals surface area contributed by atoms with Crippen LogP contribution in [0.3, 0.4) is 0 Å². The Bertz CT molecular complexity index is 485. The second kappa shape index (κ2) is 5.18. The van der Waals surface area contributed by atoms with Crippen LogP contribution in [-0.4, -0.2) is 29.6 Å². The minimum absolute atomic E-state index is 0.349. The van der Waals surface area contributed by atoms with Crippen LogP contribution in [0.4, 0.5) is 0 Å². The summed E-state index contributed by atoms with van der Waals surface area (Å²) in [6, 6.07) is 4.63. The number of nitrogens with one attached hydrogen (secondary N) is 2. The third-order valence-electron chi connectivity index (χ3n) is 3.07. The van der Waals surface area contributed by atoms with Gasteiger partial charge in [0, 0.05) is 12.1 Å². The van der Waals surface area contributed by atoms with Crippen molar-refractivity contribution in [2.45, 2.75) is 25.9 Å². The highest BCUT2D eigenvalue weighted by molar-refractivity contribution is 5.96. The fourth-order valence-corrected chi connectivity index (χ4v) is 1.96. The molecule has 18 heavy (non-hydrogen) atoms. The van der Waals surface area contributed by atoms with E-state index in [9.17, 15) is 9.59 Å². The molecule has 0 saturated carbocycles. The van der Waals surface area contributed by atoms with Gasteiger partial charge in [0.25, 0.3) is 5.91 Å². The van der Waals surface area contributed by atoms with Gasteiger partial charge < -0.3 is 15.7 Å². The molecular formula is C13H16N2O3. The van der Waals surface area contributed by atoms with Crippen molar-refractivity contribution in [3.63, 3.8) is 0 Å². The highest BCUT2D eigenvalue weighted by Gasteiger charge is 2.17. The van der Waals surface area contributed by atoms with Crippen LogP contribution in [-0.2, 0) is 17.8 Å². The second-order valence-corrected chi connectivity index (χ2v) is 4.44. The van der Waals surface area contributed by atoms with E-state index in [2.05, 4.69) is 10.6 Å². The molecule has 1 heterocycles. The number of hydrogen-bond acceptors (Lipinski definition) is 3. The number of carbonyl (C=O) groups is 2. The van der Waals surface area contributed by atoms with Gasteiger partial charge in [-0.15, -0.1) is 0 Å². The summed E-state index contributed by atoms with van der Waals surface area (Å²) in [5, 5.41) is 14.4. The zero-order valence-electron chi connectivity index (χ0n) is 10.2. The van der Waals surface area contributed by atoms with Gasteiger partial charge in [0.1, 0.15) is 6.04 Å². The summed E-state index contributed by atoms with van der Waals surface area (Å²) in [6.07, 6.45) is 0.961. The van der Waals surface area contributed by atoms with E-state index in [0.717, 1.165) is 25.1 Å². The maximum atomic E-state index is 11.9. The number of carboxylic acid groups (broad SMARTS) is 1. The van der Waals surface area contributed by atoms with Crippen LogP contribution in [0.1, 0.15) is 28.4 Å². The van der Waals surface area contributed by atoms with E-state index in [-0.39, 0.29) is 5.91 Å². The number of rotatable bonds is 3. The molecular weight excluding hydrogens is 232 g/mol. The lowest BCUT2D eigenvalue weighted by molar-refractivity contribution is -0.138. The quantitative estimate of drug-likeness (QED) is 0.729. The molecule has 1 amide bonds. The Morgan fingerprint density at radius 3 is 2.89 bits per heavy atom. The number of amides is 1. The Balaban J connectivity index is 2.13. The Morgan fingerprint density at radius 2 is 2.17 bits per heavy atom. The van der Waals surface area contributed by atoms with Gasteiger partial charge in [0.2, 0.25) is 0 Å². The molecule has 96 valence electrons. The van der Waals surface area contributed by atoms with Crippen LogP contribution in [0.15, 0.2) is 18.2 Å². The molecule has 1 aliphatic heterocycles. The average molecular weight is 248 g/mol. The first-order valence-electron chi connectivity index (χ1n) is 5.94. The molecule has 0 spiro atoms. The van der Waals surface area contributed by atoms with Crippen LogP contribution < -0.4 is 10.6 Å². The molecule has 0 fully saturated rings. The molecule has 0 saturated heterocycles. The SMILES string of the molecule is CC(NC(=O)c1ccc2c(c1)CNCC2)C(=O)O. The summed E-state index contributed by atoms with van der Waals surface area (Å²) >= 11 is 0. The number of benzene rings is 1. The number of hydrogen-bond donors (Lipinski definition) is 3. The molecule has 5 nitrogen and oxygen atoms in total. The standard InChI is InChI=1S/C13H16N2O3/c1-8(13(17)18)15-12(16)10-3-2-9-4-5-14-7-11(9)6-10/h2-3,6,8,14H,4-5,7H2,1H3,(H,15,16)(H,17,18). The number of fused-ring (bicyclic) bond motifs is 1. The van der Waals surface area contributed by atoms with E-state index in [1.165, 1.54) is 12.5 Å². The first-order valence-corrected chi connectivity index (χ1v) is 5.94. The second-order valence-electron chi connectivity index (χ2n) is 4.44. The van der Waals surface area contributed by atoms with Crippen LogP contribution in [0.5, 0.6) is 0 Å². The minimum Gasteiger partial charge on any atom is -0.480 e. The molecule has 0 aliphatic carbocycles. The van der Waals surface area contributed by atoms with Gasteiger partial charge in [-0.3, -0.25) is 9.59 Å². The van der Waals surface area contributed by atoms with Crippen molar-refractivity contribution < 1.29 is 14.7 Å². The van der Waals surface area contributed by atoms with Crippen molar-refractivity contribution in [3.05, 3.63) is 34.9 Å². The largest absolute Gasteiger partial charge is 0.480 e. The van der Waals surface area contributed by atoms with Gasteiger partial charge in [0.15, 0.2) is 0 Å². The third-order valence-corrected chi connectivity index (χ3v) is 3.07. The number of aliphatic carboxylic acids is 1. The Kier molecular flexibility index (Phi) is 3.62. The van der Waals surface area contributed by atoms with E-state index >= 15 is 0 Å². The van der Waals surface area contributed by atoms with Crippen molar-refractivity contribution >= 4 is 11.9 Å². The molecule has 1 atom stereocenters. The van der Waals surface area contributed by atoms with Crippen LogP contribution >= 0.6 is 0 Å². The number of carbonyl (C=O) groups excluding carboxylic acids is 1. The normalized spacial score (nSPS) is 15.6. The smallest absolute Gasteiger partial charge is 0.325 e. The summed E-state index contributed by atoms with van der Waals surface area (Å²) < 4.78 is 0. The first-order chi connectivity index (χ1) is 8.58. The van der Waals surface area contributed by atoms with Crippen molar-refractivity contribution in [1.82, 2.24) is 10.6 Å². The van der Waals surface area contributed by atoms with Gasteiger partial charge in [-0.1, -0.05) is 6.07 Å². The molecule has 0 radical (unpaired) electrons. The van der Waals surface area contributed by atoms with Crippen LogP contribution in [0, 0.1) is 0 Å². The molecule has 1 aromatic rings. The predicted molar refractivity (Wildman–Crippen MR) is 66.4 cm³/mol. The van der Waals surface area contributed by atoms with E-state index in [1.807, 2.05) is 12.1 Å². The molecule has 1 aromatic carbocycles. The Labute approximate surface area is 105 Å². The van der Waals surface area contributed by atoms with Gasteiger partial charge >= 0.3 is 5.97 Å². The highest BCUT2D eigenvalue weighted by Crippen LogP contribution is 2.15. The molecule has 2 rings (SSSR count). The van der Waals surface area contributed by atoms with E-state index in [1.54, 1.807) is 6.07 Å². The summed E-state index contributed by atoms with van der Waals surface area (Å²) in [4.78, 5) is 22.5.